The van der Waals surface area contributed by atoms with Crippen LogP contribution in [0.15, 0.2) is 40.9 Å². The van der Waals surface area contributed by atoms with Gasteiger partial charge in [-0.15, -0.1) is 0 Å². The first-order valence-electron chi connectivity index (χ1n) is 6.28. The van der Waals surface area contributed by atoms with Crippen LogP contribution in [0.1, 0.15) is 10.4 Å². The number of thiazole rings is 1. The van der Waals surface area contributed by atoms with Crippen LogP contribution in [0.3, 0.4) is 0 Å². The molecule has 0 saturated heterocycles. The molecule has 3 aromatic rings. The average molecular weight is 381 g/mol. The number of halogens is 2. The Labute approximate surface area is 138 Å². The van der Waals surface area contributed by atoms with Crippen molar-refractivity contribution in [2.75, 3.05) is 12.4 Å². The smallest absolute Gasteiger partial charge is 0.260 e. The van der Waals surface area contributed by atoms with E-state index in [-0.39, 0.29) is 5.56 Å². The second-order valence-electron chi connectivity index (χ2n) is 4.40. The fourth-order valence-corrected chi connectivity index (χ4v) is 3.22. The summed E-state index contributed by atoms with van der Waals surface area (Å²) in [5.74, 6) is -0.501. The first-order chi connectivity index (χ1) is 10.6. The Morgan fingerprint density at radius 3 is 2.95 bits per heavy atom. The van der Waals surface area contributed by atoms with Crippen LogP contribution in [0.2, 0.25) is 0 Å². The van der Waals surface area contributed by atoms with Gasteiger partial charge >= 0.3 is 0 Å². The molecule has 3 rings (SSSR count). The number of ether oxygens (including phenoxy) is 1. The molecule has 2 aromatic carbocycles. The predicted octanol–water partition coefficient (Wildman–Crippen LogP) is 4.46. The van der Waals surface area contributed by atoms with Gasteiger partial charge in [-0.2, -0.15) is 0 Å². The number of carbonyl (C=O) groups is 1. The maximum atomic E-state index is 13.7. The second kappa shape index (κ2) is 6.02. The van der Waals surface area contributed by atoms with E-state index in [4.69, 9.17) is 4.74 Å². The minimum atomic E-state index is -0.584. The molecule has 1 heterocycles. The number of carbonyl (C=O) groups excluding carboxylic acids is 1. The van der Waals surface area contributed by atoms with Crippen LogP contribution in [0.5, 0.6) is 5.75 Å². The number of fused-ring (bicyclic) bond motifs is 1. The molecule has 0 unspecified atom stereocenters. The van der Waals surface area contributed by atoms with E-state index in [1.807, 2.05) is 12.1 Å². The van der Waals surface area contributed by atoms with Crippen molar-refractivity contribution in [3.63, 3.8) is 0 Å². The van der Waals surface area contributed by atoms with Crippen LogP contribution < -0.4 is 10.1 Å². The van der Waals surface area contributed by atoms with Gasteiger partial charge in [-0.25, -0.2) is 9.37 Å². The zero-order chi connectivity index (χ0) is 15.7. The number of benzene rings is 2. The first kappa shape index (κ1) is 14.9. The second-order valence-corrected chi connectivity index (χ2v) is 6.35. The average Bonchev–Trinajstić information content (AvgIpc) is 2.91. The third-order valence-electron chi connectivity index (χ3n) is 3.00. The Kier molecular flexibility index (Phi) is 4.08. The molecular formula is C15H10BrFN2O2S. The summed E-state index contributed by atoms with van der Waals surface area (Å²) in [6.07, 6.45) is 0. The van der Waals surface area contributed by atoms with Crippen LogP contribution in [0.25, 0.3) is 10.2 Å². The van der Waals surface area contributed by atoms with Gasteiger partial charge in [0.25, 0.3) is 5.91 Å². The van der Waals surface area contributed by atoms with E-state index >= 15 is 0 Å². The van der Waals surface area contributed by atoms with E-state index in [0.29, 0.717) is 20.9 Å². The number of amides is 1. The lowest BCUT2D eigenvalue weighted by Gasteiger charge is -2.03. The van der Waals surface area contributed by atoms with Crippen molar-refractivity contribution in [3.8, 4) is 5.75 Å². The molecule has 0 aliphatic heterocycles. The minimum Gasteiger partial charge on any atom is -0.494 e. The van der Waals surface area contributed by atoms with Crippen molar-refractivity contribution in [3.05, 3.63) is 52.3 Å². The first-order valence-corrected chi connectivity index (χ1v) is 7.89. The number of para-hydroxylation sites is 1. The summed E-state index contributed by atoms with van der Waals surface area (Å²) in [5, 5.41) is 3.01. The van der Waals surface area contributed by atoms with Crippen LogP contribution in [-0.2, 0) is 0 Å². The Morgan fingerprint density at radius 1 is 1.36 bits per heavy atom. The highest BCUT2D eigenvalue weighted by atomic mass is 79.9. The molecule has 0 saturated carbocycles. The standard InChI is InChI=1S/C15H10BrFN2O2S/c1-21-11-3-2-4-12-13(11)18-15(22-12)19-14(20)9-7-8(16)5-6-10(9)17/h2-7H,1H3,(H,18,19,20). The van der Waals surface area contributed by atoms with Gasteiger partial charge in [0.2, 0.25) is 0 Å². The minimum absolute atomic E-state index is 0.0411. The Bertz CT molecular complexity index is 866. The molecule has 0 fully saturated rings. The molecule has 0 bridgehead atoms. The Hall–Kier alpha value is -1.99. The summed E-state index contributed by atoms with van der Waals surface area (Å²) in [5.41, 5.74) is 0.626. The third kappa shape index (κ3) is 2.82. The zero-order valence-electron chi connectivity index (χ0n) is 11.4. The molecule has 22 heavy (non-hydrogen) atoms. The number of nitrogens with zero attached hydrogens (tertiary/aromatic N) is 1. The van der Waals surface area contributed by atoms with Gasteiger partial charge in [0, 0.05) is 4.47 Å². The van der Waals surface area contributed by atoms with E-state index in [1.54, 1.807) is 13.2 Å². The summed E-state index contributed by atoms with van der Waals surface area (Å²) in [7, 11) is 1.56. The molecule has 0 aliphatic carbocycles. The van der Waals surface area contributed by atoms with Crippen molar-refractivity contribution < 1.29 is 13.9 Å². The number of hydrogen-bond donors (Lipinski definition) is 1. The quantitative estimate of drug-likeness (QED) is 0.729. The summed E-state index contributed by atoms with van der Waals surface area (Å²) in [6, 6.07) is 9.72. The lowest BCUT2D eigenvalue weighted by Crippen LogP contribution is -2.13. The molecule has 0 atom stereocenters. The Balaban J connectivity index is 1.93. The van der Waals surface area contributed by atoms with Crippen molar-refractivity contribution in [1.29, 1.82) is 0 Å². The fraction of sp³-hybridized carbons (Fsp3) is 0.0667. The van der Waals surface area contributed by atoms with Gasteiger partial charge < -0.3 is 4.74 Å². The molecule has 7 heteroatoms. The highest BCUT2D eigenvalue weighted by Crippen LogP contribution is 2.32. The van der Waals surface area contributed by atoms with Gasteiger partial charge in [0.15, 0.2) is 5.13 Å². The molecule has 0 aliphatic rings. The third-order valence-corrected chi connectivity index (χ3v) is 4.42. The summed E-state index contributed by atoms with van der Waals surface area (Å²) in [6.45, 7) is 0. The van der Waals surface area contributed by atoms with E-state index in [1.165, 1.54) is 29.5 Å². The molecule has 1 aromatic heterocycles. The number of aromatic nitrogens is 1. The van der Waals surface area contributed by atoms with Crippen molar-refractivity contribution in [1.82, 2.24) is 4.98 Å². The molecule has 1 amide bonds. The van der Waals surface area contributed by atoms with Gasteiger partial charge in [0.1, 0.15) is 17.1 Å². The largest absolute Gasteiger partial charge is 0.494 e. The maximum absolute atomic E-state index is 13.7. The number of anilines is 1. The maximum Gasteiger partial charge on any atom is 0.260 e. The Morgan fingerprint density at radius 2 is 2.18 bits per heavy atom. The lowest BCUT2D eigenvalue weighted by molar-refractivity contribution is 0.102. The van der Waals surface area contributed by atoms with Crippen LogP contribution in [0.4, 0.5) is 9.52 Å². The summed E-state index contributed by atoms with van der Waals surface area (Å²) < 4.78 is 20.5. The number of methoxy groups -OCH3 is 1. The SMILES string of the molecule is COc1cccc2sc(NC(=O)c3cc(Br)ccc3F)nc12. The molecular weight excluding hydrogens is 371 g/mol. The van der Waals surface area contributed by atoms with Gasteiger partial charge in [-0.1, -0.05) is 33.3 Å². The normalized spacial score (nSPS) is 10.7. The van der Waals surface area contributed by atoms with Crippen molar-refractivity contribution in [2.24, 2.45) is 0 Å². The van der Waals surface area contributed by atoms with E-state index in [0.717, 1.165) is 4.70 Å². The molecule has 0 radical (unpaired) electrons. The van der Waals surface area contributed by atoms with E-state index < -0.39 is 11.7 Å². The van der Waals surface area contributed by atoms with Crippen LogP contribution in [-0.4, -0.2) is 18.0 Å². The van der Waals surface area contributed by atoms with Crippen LogP contribution in [0, 0.1) is 5.82 Å². The summed E-state index contributed by atoms with van der Waals surface area (Å²) >= 11 is 4.52. The molecule has 4 nitrogen and oxygen atoms in total. The number of hydrogen-bond acceptors (Lipinski definition) is 4. The number of nitrogens with one attached hydrogen (secondary N) is 1. The number of rotatable bonds is 3. The summed E-state index contributed by atoms with van der Waals surface area (Å²) in [4.78, 5) is 16.5. The molecule has 0 spiro atoms. The van der Waals surface area contributed by atoms with Gasteiger partial charge in [-0.05, 0) is 30.3 Å². The molecule has 112 valence electrons. The van der Waals surface area contributed by atoms with E-state index in [9.17, 15) is 9.18 Å². The van der Waals surface area contributed by atoms with Crippen molar-refractivity contribution >= 4 is 48.5 Å². The van der Waals surface area contributed by atoms with Crippen molar-refractivity contribution in [2.45, 2.75) is 0 Å². The van der Waals surface area contributed by atoms with E-state index in [2.05, 4.69) is 26.2 Å². The highest BCUT2D eigenvalue weighted by Gasteiger charge is 2.15. The zero-order valence-corrected chi connectivity index (χ0v) is 13.8. The van der Waals surface area contributed by atoms with Crippen LogP contribution >= 0.6 is 27.3 Å². The van der Waals surface area contributed by atoms with Gasteiger partial charge in [0.05, 0.1) is 17.4 Å². The van der Waals surface area contributed by atoms with Gasteiger partial charge in [-0.3, -0.25) is 10.1 Å². The lowest BCUT2D eigenvalue weighted by atomic mass is 10.2. The highest BCUT2D eigenvalue weighted by molar-refractivity contribution is 9.10. The fourth-order valence-electron chi connectivity index (χ4n) is 1.98. The monoisotopic (exact) mass is 380 g/mol. The predicted molar refractivity (Wildman–Crippen MR) is 88.2 cm³/mol. The topological polar surface area (TPSA) is 51.2 Å². The molecule has 1 N–H and O–H groups in total.